The Labute approximate surface area is 169 Å². The van der Waals surface area contributed by atoms with Gasteiger partial charge in [0.25, 0.3) is 11.8 Å². The van der Waals surface area contributed by atoms with Gasteiger partial charge in [0.2, 0.25) is 6.79 Å². The van der Waals surface area contributed by atoms with Gasteiger partial charge in [0.1, 0.15) is 5.75 Å². The number of rotatable bonds is 4. The van der Waals surface area contributed by atoms with Crippen molar-refractivity contribution >= 4 is 11.8 Å². The summed E-state index contributed by atoms with van der Waals surface area (Å²) in [5.41, 5.74) is 2.73. The van der Waals surface area contributed by atoms with Crippen molar-refractivity contribution in [1.29, 1.82) is 0 Å². The Morgan fingerprint density at radius 3 is 2.48 bits per heavy atom. The topological polar surface area (TPSA) is 68.3 Å². The first-order chi connectivity index (χ1) is 14.0. The summed E-state index contributed by atoms with van der Waals surface area (Å²) in [5, 5.41) is 0. The first kappa shape index (κ1) is 19.1. The van der Waals surface area contributed by atoms with Crippen molar-refractivity contribution in [3.63, 3.8) is 0 Å². The highest BCUT2D eigenvalue weighted by atomic mass is 16.7. The van der Waals surface area contributed by atoms with Gasteiger partial charge in [-0.15, -0.1) is 0 Å². The quantitative estimate of drug-likeness (QED) is 0.794. The fourth-order valence-electron chi connectivity index (χ4n) is 3.48. The molecule has 0 spiro atoms. The van der Waals surface area contributed by atoms with Crippen molar-refractivity contribution < 1.29 is 23.8 Å². The number of fused-ring (bicyclic) bond motifs is 1. The van der Waals surface area contributed by atoms with E-state index in [2.05, 4.69) is 0 Å². The third kappa shape index (κ3) is 3.99. The molecule has 1 saturated heterocycles. The van der Waals surface area contributed by atoms with E-state index in [0.717, 1.165) is 16.9 Å². The maximum absolute atomic E-state index is 12.8. The molecule has 0 unspecified atom stereocenters. The second-order valence-corrected chi connectivity index (χ2v) is 7.23. The number of carbonyl (C=O) groups excluding carboxylic acids is 2. The van der Waals surface area contributed by atoms with E-state index in [1.165, 1.54) is 0 Å². The summed E-state index contributed by atoms with van der Waals surface area (Å²) in [4.78, 5) is 28.8. The maximum Gasteiger partial charge on any atom is 0.260 e. The zero-order valence-electron chi connectivity index (χ0n) is 16.6. The minimum Gasteiger partial charge on any atom is -0.483 e. The van der Waals surface area contributed by atoms with Crippen LogP contribution in [0.2, 0.25) is 0 Å². The molecule has 29 heavy (non-hydrogen) atoms. The SMILES string of the molecule is Cc1cccc(OCC(=O)N2CCN(C(=O)c3ccc4c(c3)OCO4)CC2)c1C. The van der Waals surface area contributed by atoms with Gasteiger partial charge in [-0.1, -0.05) is 12.1 Å². The number of hydrogen-bond donors (Lipinski definition) is 0. The number of ether oxygens (including phenoxy) is 3. The molecule has 152 valence electrons. The Bertz CT molecular complexity index is 935. The average Bonchev–Trinajstić information content (AvgIpc) is 3.22. The monoisotopic (exact) mass is 396 g/mol. The number of nitrogens with zero attached hydrogens (tertiary/aromatic N) is 2. The largest absolute Gasteiger partial charge is 0.483 e. The lowest BCUT2D eigenvalue weighted by molar-refractivity contribution is -0.134. The molecule has 0 radical (unpaired) electrons. The lowest BCUT2D eigenvalue weighted by Gasteiger charge is -2.34. The molecule has 0 atom stereocenters. The van der Waals surface area contributed by atoms with E-state index >= 15 is 0 Å². The summed E-state index contributed by atoms with van der Waals surface area (Å²) in [7, 11) is 0. The van der Waals surface area contributed by atoms with Gasteiger partial charge < -0.3 is 24.0 Å². The van der Waals surface area contributed by atoms with Crippen LogP contribution in [0.3, 0.4) is 0 Å². The number of carbonyl (C=O) groups is 2. The molecule has 2 heterocycles. The van der Waals surface area contributed by atoms with E-state index in [1.54, 1.807) is 28.0 Å². The van der Waals surface area contributed by atoms with Crippen molar-refractivity contribution in [2.75, 3.05) is 39.6 Å². The number of benzene rings is 2. The summed E-state index contributed by atoms with van der Waals surface area (Å²) < 4.78 is 16.4. The van der Waals surface area contributed by atoms with Crippen LogP contribution in [-0.2, 0) is 4.79 Å². The van der Waals surface area contributed by atoms with Crippen molar-refractivity contribution in [1.82, 2.24) is 9.80 Å². The van der Waals surface area contributed by atoms with Crippen LogP contribution in [0.15, 0.2) is 36.4 Å². The first-order valence-electron chi connectivity index (χ1n) is 9.68. The molecule has 0 N–H and O–H groups in total. The average molecular weight is 396 g/mol. The van der Waals surface area contributed by atoms with Crippen molar-refractivity contribution in [2.45, 2.75) is 13.8 Å². The van der Waals surface area contributed by atoms with Crippen LogP contribution in [0.1, 0.15) is 21.5 Å². The highest BCUT2D eigenvalue weighted by Crippen LogP contribution is 2.32. The van der Waals surface area contributed by atoms with Crippen LogP contribution >= 0.6 is 0 Å². The first-order valence-corrected chi connectivity index (χ1v) is 9.68. The lowest BCUT2D eigenvalue weighted by Crippen LogP contribution is -2.51. The van der Waals surface area contributed by atoms with Gasteiger partial charge >= 0.3 is 0 Å². The molecule has 2 aliphatic rings. The summed E-state index contributed by atoms with van der Waals surface area (Å²) in [5.74, 6) is 1.84. The molecule has 7 heteroatoms. The molecule has 0 bridgehead atoms. The molecule has 2 aromatic carbocycles. The molecular formula is C22H24N2O5. The van der Waals surface area contributed by atoms with Crippen LogP contribution in [0.4, 0.5) is 0 Å². The summed E-state index contributed by atoms with van der Waals surface area (Å²) in [6.07, 6.45) is 0. The minimum absolute atomic E-state index is 0.000398. The van der Waals surface area contributed by atoms with Gasteiger partial charge in [-0.3, -0.25) is 9.59 Å². The summed E-state index contributed by atoms with van der Waals surface area (Å²) >= 11 is 0. The molecule has 7 nitrogen and oxygen atoms in total. The Balaban J connectivity index is 1.30. The molecule has 0 aromatic heterocycles. The molecule has 4 rings (SSSR count). The van der Waals surface area contributed by atoms with Crippen molar-refractivity contribution in [2.24, 2.45) is 0 Å². The standard InChI is InChI=1S/C22H24N2O5/c1-15-4-3-5-18(16(15)2)27-13-21(25)23-8-10-24(11-9-23)22(26)17-6-7-19-20(12-17)29-14-28-19/h3-7,12H,8-11,13-14H2,1-2H3. The van der Waals surface area contributed by atoms with Crippen molar-refractivity contribution in [3.8, 4) is 17.2 Å². The normalized spacial score (nSPS) is 15.4. The van der Waals surface area contributed by atoms with Crippen LogP contribution in [-0.4, -0.2) is 61.2 Å². The van der Waals surface area contributed by atoms with Crippen LogP contribution < -0.4 is 14.2 Å². The zero-order chi connectivity index (χ0) is 20.4. The Hall–Kier alpha value is -3.22. The van der Waals surface area contributed by atoms with Gasteiger partial charge in [0.05, 0.1) is 0 Å². The Kier molecular flexibility index (Phi) is 5.29. The Morgan fingerprint density at radius 2 is 1.69 bits per heavy atom. The zero-order valence-corrected chi connectivity index (χ0v) is 16.6. The van der Waals surface area contributed by atoms with E-state index in [4.69, 9.17) is 14.2 Å². The smallest absolute Gasteiger partial charge is 0.260 e. The van der Waals surface area contributed by atoms with E-state index in [1.807, 2.05) is 32.0 Å². The molecule has 1 fully saturated rings. The third-order valence-corrected chi connectivity index (χ3v) is 5.45. The van der Waals surface area contributed by atoms with E-state index in [-0.39, 0.29) is 25.2 Å². The minimum atomic E-state index is -0.0684. The third-order valence-electron chi connectivity index (χ3n) is 5.45. The summed E-state index contributed by atoms with van der Waals surface area (Å²) in [6, 6.07) is 11.0. The number of amides is 2. The van der Waals surface area contributed by atoms with Gasteiger partial charge in [0, 0.05) is 31.7 Å². The van der Waals surface area contributed by atoms with Gasteiger partial charge in [0.15, 0.2) is 18.1 Å². The van der Waals surface area contributed by atoms with Crippen LogP contribution in [0, 0.1) is 13.8 Å². The highest BCUT2D eigenvalue weighted by molar-refractivity contribution is 5.95. The van der Waals surface area contributed by atoms with Gasteiger partial charge in [-0.25, -0.2) is 0 Å². The number of piperazine rings is 1. The van der Waals surface area contributed by atoms with Gasteiger partial charge in [-0.2, -0.15) is 0 Å². The Morgan fingerprint density at radius 1 is 0.966 bits per heavy atom. The van der Waals surface area contributed by atoms with Crippen LogP contribution in [0.5, 0.6) is 17.2 Å². The van der Waals surface area contributed by atoms with Crippen molar-refractivity contribution in [3.05, 3.63) is 53.1 Å². The lowest BCUT2D eigenvalue weighted by atomic mass is 10.1. The predicted molar refractivity (Wildman–Crippen MR) is 106 cm³/mol. The second kappa shape index (κ2) is 8.03. The molecular weight excluding hydrogens is 372 g/mol. The molecule has 0 aliphatic carbocycles. The van der Waals surface area contributed by atoms with E-state index < -0.39 is 0 Å². The molecule has 2 amide bonds. The fourth-order valence-corrected chi connectivity index (χ4v) is 3.48. The number of hydrogen-bond acceptors (Lipinski definition) is 5. The number of aryl methyl sites for hydroxylation is 1. The molecule has 2 aliphatic heterocycles. The van der Waals surface area contributed by atoms with E-state index in [9.17, 15) is 9.59 Å². The molecule has 0 saturated carbocycles. The molecule has 2 aromatic rings. The predicted octanol–water partition coefficient (Wildman–Crippen LogP) is 2.40. The van der Waals surface area contributed by atoms with Crippen LogP contribution in [0.25, 0.3) is 0 Å². The van der Waals surface area contributed by atoms with E-state index in [0.29, 0.717) is 43.2 Å². The highest BCUT2D eigenvalue weighted by Gasteiger charge is 2.26. The fraction of sp³-hybridized carbons (Fsp3) is 0.364. The van der Waals surface area contributed by atoms with Gasteiger partial charge in [-0.05, 0) is 49.2 Å². The maximum atomic E-state index is 12.8. The second-order valence-electron chi connectivity index (χ2n) is 7.23. The summed E-state index contributed by atoms with van der Waals surface area (Å²) in [6.45, 7) is 6.13.